The average molecular weight is 505 g/mol. The summed E-state index contributed by atoms with van der Waals surface area (Å²) in [6.07, 6.45) is 16.6. The number of carboxylic acid groups (broad SMARTS) is 1. The van der Waals surface area contributed by atoms with Gasteiger partial charge in [0.05, 0.1) is 0 Å². The van der Waals surface area contributed by atoms with Crippen molar-refractivity contribution in [3.8, 4) is 0 Å². The van der Waals surface area contributed by atoms with Crippen LogP contribution >= 0.6 is 0 Å². The molecule has 4 heteroatoms. The summed E-state index contributed by atoms with van der Waals surface area (Å²) >= 11 is 0. The van der Waals surface area contributed by atoms with Crippen molar-refractivity contribution >= 4 is 33.3 Å². The van der Waals surface area contributed by atoms with Crippen LogP contribution in [0.4, 0.5) is 0 Å². The first-order valence-electron chi connectivity index (χ1n) is 14.4. The van der Waals surface area contributed by atoms with E-state index in [1.54, 1.807) is 12.1 Å². The van der Waals surface area contributed by atoms with Gasteiger partial charge in [0.25, 0.3) is 0 Å². The maximum atomic E-state index is 13.4. The van der Waals surface area contributed by atoms with Crippen LogP contribution in [0.5, 0.6) is 0 Å². The molecule has 1 atom stereocenters. The highest BCUT2D eigenvalue weighted by molar-refractivity contribution is 6.20. The van der Waals surface area contributed by atoms with Crippen LogP contribution in [0.3, 0.4) is 0 Å². The van der Waals surface area contributed by atoms with Crippen molar-refractivity contribution in [2.45, 2.75) is 109 Å². The van der Waals surface area contributed by atoms with Crippen molar-refractivity contribution in [1.82, 2.24) is 0 Å². The van der Waals surface area contributed by atoms with E-state index in [4.69, 9.17) is 0 Å². The lowest BCUT2D eigenvalue weighted by atomic mass is 9.85. The number of carbonyl (C=O) groups is 2. The third-order valence-electron chi connectivity index (χ3n) is 7.61. The lowest BCUT2D eigenvalue weighted by Gasteiger charge is -2.23. The van der Waals surface area contributed by atoms with Crippen molar-refractivity contribution in [3.63, 3.8) is 0 Å². The van der Waals surface area contributed by atoms with Crippen LogP contribution in [0, 0.1) is 0 Å². The molecule has 0 aliphatic rings. The standard InChI is InChI=1S/C33H44O4/c1-2-3-4-5-6-7-8-9-10-11-12-13-14-17-23-33(37,32(35)36)31(34)29-22-18-21-28-24-26-19-15-16-20-27(26)25-30(28)29/h15-16,18-22,24-25,37H,2-14,17,23H2,1H3,(H,35,36). The molecule has 0 radical (unpaired) electrons. The van der Waals surface area contributed by atoms with Crippen LogP contribution in [0.25, 0.3) is 21.5 Å². The second-order valence-corrected chi connectivity index (χ2v) is 10.6. The Morgan fingerprint density at radius 1 is 0.649 bits per heavy atom. The van der Waals surface area contributed by atoms with Gasteiger partial charge < -0.3 is 10.2 Å². The Bertz CT molecular complexity index is 1150. The molecule has 0 amide bonds. The Morgan fingerprint density at radius 2 is 1.14 bits per heavy atom. The predicted octanol–water partition coefficient (Wildman–Crippen LogP) is 8.86. The summed E-state index contributed by atoms with van der Waals surface area (Å²) in [6, 6.07) is 17.1. The second-order valence-electron chi connectivity index (χ2n) is 10.6. The van der Waals surface area contributed by atoms with Gasteiger partial charge in [-0.15, -0.1) is 0 Å². The highest BCUT2D eigenvalue weighted by Gasteiger charge is 2.44. The molecule has 2 N–H and O–H groups in total. The predicted molar refractivity (Wildman–Crippen MR) is 153 cm³/mol. The van der Waals surface area contributed by atoms with E-state index in [0.29, 0.717) is 11.8 Å². The van der Waals surface area contributed by atoms with Gasteiger partial charge >= 0.3 is 5.97 Å². The molecule has 200 valence electrons. The zero-order valence-electron chi connectivity index (χ0n) is 22.5. The van der Waals surface area contributed by atoms with Gasteiger partial charge in [0.2, 0.25) is 11.4 Å². The molecule has 0 saturated heterocycles. The van der Waals surface area contributed by atoms with Crippen LogP contribution < -0.4 is 0 Å². The number of aliphatic carboxylic acids is 1. The SMILES string of the molecule is CCCCCCCCCCCCCCCCC(O)(C(=O)O)C(=O)c1cccc2cc3ccccc3cc12. The molecule has 0 aromatic heterocycles. The maximum absolute atomic E-state index is 13.4. The first-order valence-corrected chi connectivity index (χ1v) is 14.4. The molecule has 0 spiro atoms. The monoisotopic (exact) mass is 504 g/mol. The molecule has 0 bridgehead atoms. The summed E-state index contributed by atoms with van der Waals surface area (Å²) in [5.74, 6) is -2.19. The van der Waals surface area contributed by atoms with Gasteiger partial charge in [-0.3, -0.25) is 4.79 Å². The van der Waals surface area contributed by atoms with Gasteiger partial charge in [-0.25, -0.2) is 4.79 Å². The van der Waals surface area contributed by atoms with Crippen LogP contribution in [0.2, 0.25) is 0 Å². The largest absolute Gasteiger partial charge is 0.479 e. The molecular formula is C33H44O4. The third kappa shape index (κ3) is 8.13. The maximum Gasteiger partial charge on any atom is 0.343 e. The third-order valence-corrected chi connectivity index (χ3v) is 7.61. The molecular weight excluding hydrogens is 460 g/mol. The highest BCUT2D eigenvalue weighted by atomic mass is 16.4. The fourth-order valence-electron chi connectivity index (χ4n) is 5.28. The van der Waals surface area contributed by atoms with Crippen molar-refractivity contribution in [2.24, 2.45) is 0 Å². The minimum Gasteiger partial charge on any atom is -0.479 e. The lowest BCUT2D eigenvalue weighted by molar-refractivity contribution is -0.153. The minimum absolute atomic E-state index is 0.0663. The molecule has 0 fully saturated rings. The van der Waals surface area contributed by atoms with Gasteiger partial charge in [0, 0.05) is 5.56 Å². The van der Waals surface area contributed by atoms with E-state index in [0.717, 1.165) is 35.4 Å². The van der Waals surface area contributed by atoms with E-state index in [1.165, 1.54) is 64.2 Å². The highest BCUT2D eigenvalue weighted by Crippen LogP contribution is 2.30. The number of aliphatic hydroxyl groups is 1. The average Bonchev–Trinajstić information content (AvgIpc) is 2.91. The molecule has 37 heavy (non-hydrogen) atoms. The quantitative estimate of drug-likeness (QED) is 0.0785. The smallest absolute Gasteiger partial charge is 0.343 e. The van der Waals surface area contributed by atoms with E-state index in [-0.39, 0.29) is 12.0 Å². The Morgan fingerprint density at radius 3 is 1.68 bits per heavy atom. The first kappa shape index (κ1) is 28.8. The van der Waals surface area contributed by atoms with E-state index in [1.807, 2.05) is 42.5 Å². The fraction of sp³-hybridized carbons (Fsp3) is 0.515. The number of hydrogen-bond acceptors (Lipinski definition) is 3. The van der Waals surface area contributed by atoms with E-state index < -0.39 is 17.4 Å². The van der Waals surface area contributed by atoms with Crippen LogP contribution in [0.15, 0.2) is 54.6 Å². The number of hydrogen-bond donors (Lipinski definition) is 2. The topological polar surface area (TPSA) is 74.6 Å². The number of fused-ring (bicyclic) bond motifs is 2. The minimum atomic E-state index is -2.41. The van der Waals surface area contributed by atoms with Crippen molar-refractivity contribution < 1.29 is 19.8 Å². The zero-order chi connectivity index (χ0) is 26.5. The number of ketones is 1. The molecule has 4 nitrogen and oxygen atoms in total. The summed E-state index contributed by atoms with van der Waals surface area (Å²) in [6.45, 7) is 2.25. The molecule has 3 rings (SSSR count). The summed E-state index contributed by atoms with van der Waals surface area (Å²) in [5.41, 5.74) is -2.14. The number of rotatable bonds is 18. The number of Topliss-reactive ketones (excluding diaryl/α,β-unsaturated/α-hetero) is 1. The van der Waals surface area contributed by atoms with Crippen molar-refractivity contribution in [3.05, 3.63) is 60.2 Å². The van der Waals surface area contributed by atoms with Gasteiger partial charge in [0.15, 0.2) is 0 Å². The van der Waals surface area contributed by atoms with Crippen molar-refractivity contribution in [1.29, 1.82) is 0 Å². The Kier molecular flexibility index (Phi) is 11.6. The van der Waals surface area contributed by atoms with Crippen LogP contribution in [-0.4, -0.2) is 27.6 Å². The summed E-state index contributed by atoms with van der Waals surface area (Å²) in [4.78, 5) is 25.5. The van der Waals surface area contributed by atoms with Crippen molar-refractivity contribution in [2.75, 3.05) is 0 Å². The molecule has 1 unspecified atom stereocenters. The van der Waals surface area contributed by atoms with Crippen LogP contribution in [-0.2, 0) is 4.79 Å². The Labute approximate surface area is 222 Å². The number of carbonyl (C=O) groups excluding carboxylic acids is 1. The molecule has 3 aromatic carbocycles. The molecule has 0 saturated carbocycles. The van der Waals surface area contributed by atoms with Gasteiger partial charge in [-0.05, 0) is 46.5 Å². The second kappa shape index (κ2) is 14.9. The summed E-state index contributed by atoms with van der Waals surface area (Å²) in [5, 5.41) is 24.4. The van der Waals surface area contributed by atoms with Crippen LogP contribution in [0.1, 0.15) is 114 Å². The zero-order valence-corrected chi connectivity index (χ0v) is 22.5. The molecule has 0 aliphatic carbocycles. The van der Waals surface area contributed by atoms with Gasteiger partial charge in [0.1, 0.15) is 0 Å². The van der Waals surface area contributed by atoms with E-state index in [2.05, 4.69) is 6.92 Å². The Hall–Kier alpha value is -2.72. The Balaban J connectivity index is 1.46. The molecule has 0 heterocycles. The van der Waals surface area contributed by atoms with Gasteiger partial charge in [-0.1, -0.05) is 133 Å². The fourth-order valence-corrected chi connectivity index (χ4v) is 5.28. The van der Waals surface area contributed by atoms with E-state index >= 15 is 0 Å². The number of unbranched alkanes of at least 4 members (excludes halogenated alkanes) is 13. The number of benzene rings is 3. The first-order chi connectivity index (χ1) is 18.0. The summed E-state index contributed by atoms with van der Waals surface area (Å²) in [7, 11) is 0. The van der Waals surface area contributed by atoms with E-state index in [9.17, 15) is 19.8 Å². The molecule has 3 aromatic rings. The molecule has 0 aliphatic heterocycles. The summed E-state index contributed by atoms with van der Waals surface area (Å²) < 4.78 is 0. The lowest BCUT2D eigenvalue weighted by Crippen LogP contribution is -2.46. The van der Waals surface area contributed by atoms with Gasteiger partial charge in [-0.2, -0.15) is 0 Å². The number of carboxylic acids is 1. The normalized spacial score (nSPS) is 13.1.